The van der Waals surface area contributed by atoms with Gasteiger partial charge in [0.15, 0.2) is 0 Å². The minimum Gasteiger partial charge on any atom is -0.348 e. The maximum absolute atomic E-state index is 13.6. The summed E-state index contributed by atoms with van der Waals surface area (Å²) >= 11 is 0. The van der Waals surface area contributed by atoms with E-state index in [1.807, 2.05) is 6.92 Å². The van der Waals surface area contributed by atoms with E-state index in [1.54, 1.807) is 0 Å². The Labute approximate surface area is 104 Å². The highest BCUT2D eigenvalue weighted by atomic mass is 19.1. The lowest BCUT2D eigenvalue weighted by Gasteiger charge is -2.20. The van der Waals surface area contributed by atoms with Gasteiger partial charge in [-0.1, -0.05) is 13.0 Å². The highest BCUT2D eigenvalue weighted by Gasteiger charge is 2.46. The Morgan fingerprint density at radius 1 is 1.50 bits per heavy atom. The molecule has 1 unspecified atom stereocenters. The monoisotopic (exact) mass is 254 g/mol. The van der Waals surface area contributed by atoms with Gasteiger partial charge in [0.05, 0.1) is 11.6 Å². The Hall–Kier alpha value is -1.49. The minimum atomic E-state index is -0.788. The fourth-order valence-electron chi connectivity index (χ4n) is 1.85. The van der Waals surface area contributed by atoms with E-state index < -0.39 is 23.2 Å². The molecule has 3 N–H and O–H groups in total. The first-order valence-electron chi connectivity index (χ1n) is 6.01. The maximum atomic E-state index is 13.6. The fraction of sp³-hybridized carbons (Fsp3) is 0.462. The first-order chi connectivity index (χ1) is 8.46. The quantitative estimate of drug-likeness (QED) is 0.863. The molecule has 18 heavy (non-hydrogen) atoms. The molecular weight excluding hydrogens is 238 g/mol. The van der Waals surface area contributed by atoms with Crippen molar-refractivity contribution >= 4 is 5.91 Å². The number of carbonyl (C=O) groups excluding carboxylic acids is 1. The number of hydrogen-bond acceptors (Lipinski definition) is 2. The third-order valence-electron chi connectivity index (χ3n) is 3.29. The van der Waals surface area contributed by atoms with E-state index in [1.165, 1.54) is 12.1 Å². The summed E-state index contributed by atoms with van der Waals surface area (Å²) in [6, 6.07) is 2.89. The van der Waals surface area contributed by atoms with Crippen LogP contribution < -0.4 is 11.1 Å². The summed E-state index contributed by atoms with van der Waals surface area (Å²) in [5.74, 6) is -1.54. The zero-order valence-corrected chi connectivity index (χ0v) is 10.2. The van der Waals surface area contributed by atoms with Gasteiger partial charge in [0, 0.05) is 11.6 Å². The third-order valence-corrected chi connectivity index (χ3v) is 3.29. The molecule has 0 saturated heterocycles. The van der Waals surface area contributed by atoms with Crippen LogP contribution >= 0.6 is 0 Å². The number of nitrogens with two attached hydrogens (primary N) is 1. The first-order valence-corrected chi connectivity index (χ1v) is 6.01. The second-order valence-electron chi connectivity index (χ2n) is 4.76. The van der Waals surface area contributed by atoms with E-state index >= 15 is 0 Å². The van der Waals surface area contributed by atoms with Gasteiger partial charge >= 0.3 is 0 Å². The number of rotatable bonds is 4. The summed E-state index contributed by atoms with van der Waals surface area (Å²) < 4.78 is 26.5. The summed E-state index contributed by atoms with van der Waals surface area (Å²) in [7, 11) is 0. The number of halogens is 2. The molecule has 1 atom stereocenters. The molecular formula is C13H16F2N2O. The number of hydrogen-bond donors (Lipinski definition) is 2. The molecule has 98 valence electrons. The Balaban J connectivity index is 2.15. The van der Waals surface area contributed by atoms with Crippen LogP contribution in [0.25, 0.3) is 0 Å². The largest absolute Gasteiger partial charge is 0.348 e. The van der Waals surface area contributed by atoms with Gasteiger partial charge in [0.25, 0.3) is 0 Å². The normalized spacial score (nSPS) is 18.2. The van der Waals surface area contributed by atoms with Crippen LogP contribution in [0.4, 0.5) is 8.78 Å². The van der Waals surface area contributed by atoms with E-state index in [0.717, 1.165) is 6.07 Å². The lowest BCUT2D eigenvalue weighted by molar-refractivity contribution is -0.124. The van der Waals surface area contributed by atoms with E-state index in [4.69, 9.17) is 5.73 Å². The van der Waals surface area contributed by atoms with Gasteiger partial charge in [0.2, 0.25) is 5.91 Å². The average molecular weight is 254 g/mol. The van der Waals surface area contributed by atoms with Gasteiger partial charge in [-0.2, -0.15) is 0 Å². The van der Waals surface area contributed by atoms with Gasteiger partial charge in [0.1, 0.15) is 11.6 Å². The third kappa shape index (κ3) is 2.51. The zero-order valence-electron chi connectivity index (χ0n) is 10.2. The van der Waals surface area contributed by atoms with Crippen molar-refractivity contribution in [3.05, 3.63) is 35.4 Å². The van der Waals surface area contributed by atoms with Crippen LogP contribution in [-0.4, -0.2) is 11.4 Å². The molecule has 1 saturated carbocycles. The van der Waals surface area contributed by atoms with Crippen LogP contribution in [0.15, 0.2) is 18.2 Å². The molecule has 1 fully saturated rings. The molecule has 0 aliphatic heterocycles. The fourth-order valence-corrected chi connectivity index (χ4v) is 1.85. The van der Waals surface area contributed by atoms with Gasteiger partial charge in [-0.15, -0.1) is 0 Å². The van der Waals surface area contributed by atoms with Crippen LogP contribution in [0, 0.1) is 11.6 Å². The second-order valence-corrected chi connectivity index (χ2v) is 4.76. The Kier molecular flexibility index (Phi) is 3.34. The second kappa shape index (κ2) is 4.65. The van der Waals surface area contributed by atoms with Crippen molar-refractivity contribution in [3.63, 3.8) is 0 Å². The average Bonchev–Trinajstić information content (AvgIpc) is 3.06. The number of carbonyl (C=O) groups is 1. The molecule has 1 amide bonds. The van der Waals surface area contributed by atoms with E-state index in [-0.39, 0.29) is 11.5 Å². The van der Waals surface area contributed by atoms with Gasteiger partial charge in [-0.25, -0.2) is 8.78 Å². The van der Waals surface area contributed by atoms with Crippen LogP contribution in [0.3, 0.4) is 0 Å². The van der Waals surface area contributed by atoms with Gasteiger partial charge in [-0.3, -0.25) is 4.79 Å². The Morgan fingerprint density at radius 3 is 2.67 bits per heavy atom. The lowest BCUT2D eigenvalue weighted by Crippen LogP contribution is -2.44. The Bertz CT molecular complexity index is 472. The van der Waals surface area contributed by atoms with E-state index in [2.05, 4.69) is 5.32 Å². The van der Waals surface area contributed by atoms with E-state index in [9.17, 15) is 13.6 Å². The summed E-state index contributed by atoms with van der Waals surface area (Å²) in [4.78, 5) is 11.8. The van der Waals surface area contributed by atoms with Crippen molar-refractivity contribution < 1.29 is 13.6 Å². The van der Waals surface area contributed by atoms with Crippen LogP contribution in [0.1, 0.15) is 37.8 Å². The predicted octanol–water partition coefficient (Wildman–Crippen LogP) is 2.02. The highest BCUT2D eigenvalue weighted by Crippen LogP contribution is 2.33. The maximum Gasteiger partial charge on any atom is 0.240 e. The summed E-state index contributed by atoms with van der Waals surface area (Å²) in [6.45, 7) is 1.82. The van der Waals surface area contributed by atoms with Gasteiger partial charge < -0.3 is 11.1 Å². The molecule has 5 heteroatoms. The van der Waals surface area contributed by atoms with Crippen molar-refractivity contribution in [2.75, 3.05) is 0 Å². The van der Waals surface area contributed by atoms with E-state index in [0.29, 0.717) is 19.3 Å². The topological polar surface area (TPSA) is 55.1 Å². The summed E-state index contributed by atoms with van der Waals surface area (Å²) in [6.07, 6.45) is 1.83. The molecule has 0 radical (unpaired) electrons. The SMILES string of the molecule is CCC(NC(=O)C1(N)CC1)c1ccc(F)cc1F. The molecule has 2 rings (SSSR count). The van der Waals surface area contributed by atoms with Gasteiger partial charge in [-0.05, 0) is 25.3 Å². The molecule has 1 aromatic rings. The Morgan fingerprint density at radius 2 is 2.17 bits per heavy atom. The minimum absolute atomic E-state index is 0.266. The summed E-state index contributed by atoms with van der Waals surface area (Å²) in [5.41, 5.74) is 5.27. The standard InChI is InChI=1S/C13H16F2N2O/c1-2-11(17-12(18)13(16)5-6-13)9-4-3-8(14)7-10(9)15/h3-4,7,11H,2,5-6,16H2,1H3,(H,17,18). The molecule has 1 aliphatic rings. The number of amides is 1. The first kappa shape index (κ1) is 13.0. The molecule has 0 spiro atoms. The highest BCUT2D eigenvalue weighted by molar-refractivity contribution is 5.89. The van der Waals surface area contributed by atoms with Crippen LogP contribution in [0.5, 0.6) is 0 Å². The molecule has 0 aromatic heterocycles. The molecule has 1 aromatic carbocycles. The van der Waals surface area contributed by atoms with Crippen molar-refractivity contribution in [1.82, 2.24) is 5.32 Å². The van der Waals surface area contributed by atoms with Crippen LogP contribution in [0.2, 0.25) is 0 Å². The molecule has 0 heterocycles. The van der Waals surface area contributed by atoms with Crippen molar-refractivity contribution in [1.29, 1.82) is 0 Å². The van der Waals surface area contributed by atoms with Crippen LogP contribution in [-0.2, 0) is 4.79 Å². The smallest absolute Gasteiger partial charge is 0.240 e. The molecule has 0 bridgehead atoms. The lowest BCUT2D eigenvalue weighted by atomic mass is 10.0. The number of benzene rings is 1. The van der Waals surface area contributed by atoms with Crippen molar-refractivity contribution in [2.24, 2.45) is 5.73 Å². The zero-order chi connectivity index (χ0) is 13.3. The predicted molar refractivity (Wildman–Crippen MR) is 63.7 cm³/mol. The molecule has 3 nitrogen and oxygen atoms in total. The van der Waals surface area contributed by atoms with Crippen molar-refractivity contribution in [2.45, 2.75) is 37.8 Å². The van der Waals surface area contributed by atoms with Crippen molar-refractivity contribution in [3.8, 4) is 0 Å². The number of nitrogens with one attached hydrogen (secondary N) is 1. The molecule has 1 aliphatic carbocycles. The summed E-state index contributed by atoms with van der Waals surface area (Å²) in [5, 5.41) is 2.72.